The Bertz CT molecular complexity index is 1770. The molecule has 1 aromatic heterocycles. The van der Waals surface area contributed by atoms with Gasteiger partial charge in [-0.15, -0.1) is 10.2 Å². The maximum absolute atomic E-state index is 12.5. The number of benzene rings is 3. The van der Waals surface area contributed by atoms with Crippen molar-refractivity contribution in [3.05, 3.63) is 52.5 Å². The van der Waals surface area contributed by atoms with Gasteiger partial charge in [0.1, 0.15) is 27.2 Å². The van der Waals surface area contributed by atoms with Crippen LogP contribution in [0, 0.1) is 0 Å². The molecule has 1 heterocycles. The molecule has 0 fully saturated rings. The van der Waals surface area contributed by atoms with Crippen LogP contribution in [-0.4, -0.2) is 38.1 Å². The van der Waals surface area contributed by atoms with Gasteiger partial charge in [-0.2, -0.15) is 23.6 Å². The van der Waals surface area contributed by atoms with Crippen molar-refractivity contribution >= 4 is 91.2 Å². The molecule has 3 aromatic carbocycles. The number of aliphatic hydroxyl groups excluding tert-OH is 1. The summed E-state index contributed by atoms with van der Waals surface area (Å²) in [6.45, 7) is -0.780. The number of aromatic hydroxyl groups is 1. The second-order valence-electron chi connectivity index (χ2n) is 7.46. The van der Waals surface area contributed by atoms with Gasteiger partial charge in [0.15, 0.2) is 0 Å². The summed E-state index contributed by atoms with van der Waals surface area (Å²) in [5.41, 5.74) is -0.652. The third kappa shape index (κ3) is 13.2. The number of halogens is 2. The van der Waals surface area contributed by atoms with Crippen LogP contribution in [0.3, 0.4) is 0 Å². The second-order valence-corrected chi connectivity index (χ2v) is 11.0. The normalized spacial score (nSPS) is 10.7. The fraction of sp³-hybridized carbons (Fsp3) is 0.0500. The number of hydrogen-bond donors (Lipinski definition) is 3. The van der Waals surface area contributed by atoms with E-state index in [-0.39, 0.29) is 189 Å². The van der Waals surface area contributed by atoms with Gasteiger partial charge in [0.25, 0.3) is 0 Å². The summed E-state index contributed by atoms with van der Waals surface area (Å²) in [6.07, 6.45) is 0. The minimum atomic E-state index is -5.26. The number of anilines is 2. The first-order valence-corrected chi connectivity index (χ1v) is 14.2. The molecule has 4 aromatic rings. The van der Waals surface area contributed by atoms with E-state index in [0.29, 0.717) is 12.0 Å². The van der Waals surface area contributed by atoms with Crippen molar-refractivity contribution in [1.82, 2.24) is 15.0 Å². The van der Waals surface area contributed by atoms with Crippen LogP contribution in [0.5, 0.6) is 5.75 Å². The van der Waals surface area contributed by atoms with Crippen molar-refractivity contribution in [1.29, 1.82) is 0 Å². The molecule has 0 spiro atoms. The third-order valence-corrected chi connectivity index (χ3v) is 7.53. The number of nitrogens with one attached hydrogen (secondary N) is 1. The fourth-order valence-corrected chi connectivity index (χ4v) is 5.62. The average Bonchev–Trinajstić information content (AvgIpc) is 2.93. The van der Waals surface area contributed by atoms with E-state index in [0.717, 1.165) is 6.07 Å². The Balaban J connectivity index is 0. The molecule has 0 unspecified atom stereocenters. The molecule has 27 heteroatoms. The number of aromatic nitrogens is 3. The van der Waals surface area contributed by atoms with Gasteiger partial charge >= 0.3 is 88.7 Å². The van der Waals surface area contributed by atoms with Crippen molar-refractivity contribution in [3.8, 4) is 5.75 Å². The number of azo groups is 1. The summed E-state index contributed by atoms with van der Waals surface area (Å²) < 4.78 is 46.0. The Morgan fingerprint density at radius 2 is 1.53 bits per heavy atom. The molecule has 0 amide bonds. The quantitative estimate of drug-likeness (QED) is 0.0227. The first-order valence-electron chi connectivity index (χ1n) is 10.6. The fourth-order valence-electron chi connectivity index (χ4n) is 3.53. The number of hydrogen-bond acceptors (Lipinski definition) is 19. The number of nitrogens with zero attached hydrogens (tertiary/aromatic N) is 5. The summed E-state index contributed by atoms with van der Waals surface area (Å²) >= 11 is 12.3. The molecule has 0 saturated carbocycles. The van der Waals surface area contributed by atoms with Crippen LogP contribution in [0.15, 0.2) is 61.3 Å². The molecular weight excluding hydrogens is 816 g/mol. The summed E-state index contributed by atoms with van der Waals surface area (Å²) in [5, 5.41) is 57.5. The van der Waals surface area contributed by atoms with Gasteiger partial charge in [0, 0.05) is 32.9 Å². The van der Waals surface area contributed by atoms with Crippen LogP contribution < -0.4 is 105 Å². The minimum absolute atomic E-state index is 0. The topological polar surface area (TPSA) is 289 Å². The maximum atomic E-state index is 12.5. The first-order chi connectivity index (χ1) is 20.0. The Morgan fingerprint density at radius 1 is 0.915 bits per heavy atom. The van der Waals surface area contributed by atoms with E-state index in [9.17, 15) is 33.7 Å². The molecule has 0 aliphatic rings. The molecule has 6 N–H and O–H groups in total. The summed E-state index contributed by atoms with van der Waals surface area (Å²) in [4.78, 5) is 10.5. The maximum Gasteiger partial charge on any atom is 1.00 e. The standard InChI is InChI=1S/C20H14Cl2N6O11S3.Cu.3Na.H2O/c21-18-24-19(22)26-20(25-18)23-12-3-2-9-10(17(12)42(33,34)35)6-15(41-39-37-32)16(11(9)7-29)28-27-13-5-8(40-38-36-31)1-4-14(13)30;;;;;/h1-6,29-32H,7H2,(H,33,34,35)(H,23,24,25,26);;;;;1H2/q;;3*+1;/p-2. The predicted molar refractivity (Wildman–Crippen MR) is 144 cm³/mol. The molecule has 0 aliphatic carbocycles. The molecule has 18 nitrogen and oxygen atoms in total. The summed E-state index contributed by atoms with van der Waals surface area (Å²) in [7, 11) is -5.26. The Morgan fingerprint density at radius 3 is 2.11 bits per heavy atom. The van der Waals surface area contributed by atoms with Gasteiger partial charge in [0.2, 0.25) is 16.5 Å². The van der Waals surface area contributed by atoms with Crippen LogP contribution >= 0.6 is 47.3 Å². The van der Waals surface area contributed by atoms with Gasteiger partial charge in [-0.3, -0.25) is 10.1 Å². The molecule has 0 atom stereocenters. The van der Waals surface area contributed by atoms with Crippen molar-refractivity contribution < 1.29 is 164 Å². The van der Waals surface area contributed by atoms with E-state index in [1.807, 2.05) is 0 Å². The summed E-state index contributed by atoms with van der Waals surface area (Å²) in [6, 6.07) is 7.51. The van der Waals surface area contributed by atoms with E-state index in [4.69, 9.17) is 23.2 Å². The average molecular weight is 830 g/mol. The smallest absolute Gasteiger partial charge is 0.744 e. The zero-order chi connectivity index (χ0) is 30.4. The molecule has 1 radical (unpaired) electrons. The molecule has 241 valence electrons. The van der Waals surface area contributed by atoms with Crippen molar-refractivity contribution in [2.45, 2.75) is 21.3 Å². The monoisotopic (exact) mass is 828 g/mol. The van der Waals surface area contributed by atoms with E-state index < -0.39 is 21.6 Å². The zero-order valence-electron chi connectivity index (χ0n) is 23.8. The van der Waals surface area contributed by atoms with E-state index in [1.54, 1.807) is 0 Å². The number of phenolic OH excluding ortho intramolecular Hbond substituents is 1. The largest absolute Gasteiger partial charge is 1.00 e. The second kappa shape index (κ2) is 23.2. The first kappa shape index (κ1) is 49.6. The van der Waals surface area contributed by atoms with Gasteiger partial charge in [0.05, 0.1) is 46.2 Å². The molecule has 0 bridgehead atoms. The van der Waals surface area contributed by atoms with Gasteiger partial charge in [-0.1, -0.05) is 6.07 Å². The van der Waals surface area contributed by atoms with Crippen molar-refractivity contribution in [2.75, 3.05) is 5.32 Å². The van der Waals surface area contributed by atoms with Crippen molar-refractivity contribution in [3.63, 3.8) is 0 Å². The van der Waals surface area contributed by atoms with Gasteiger partial charge < -0.3 is 36.1 Å². The molecule has 4 rings (SSSR count). The minimum Gasteiger partial charge on any atom is -0.744 e. The Kier molecular flexibility index (Phi) is 24.5. The van der Waals surface area contributed by atoms with Crippen molar-refractivity contribution in [2.24, 2.45) is 10.2 Å². The van der Waals surface area contributed by atoms with Crippen LogP contribution in [-0.2, 0) is 58.0 Å². The molecule has 47 heavy (non-hydrogen) atoms. The third-order valence-electron chi connectivity index (χ3n) is 5.07. The molecular formula is C20H14Cl2CuN6Na3O12S3+. The Hall–Kier alpha value is 0.519. The van der Waals surface area contributed by atoms with Gasteiger partial charge in [-0.25, -0.2) is 8.42 Å². The van der Waals surface area contributed by atoms with E-state index in [2.05, 4.69) is 49.2 Å². The van der Waals surface area contributed by atoms with Crippen LogP contribution in [0.2, 0.25) is 10.6 Å². The van der Waals surface area contributed by atoms with Gasteiger partial charge in [-0.05, 0) is 58.9 Å². The van der Waals surface area contributed by atoms with E-state index >= 15 is 0 Å². The van der Waals surface area contributed by atoms with E-state index in [1.165, 1.54) is 30.3 Å². The van der Waals surface area contributed by atoms with Crippen LogP contribution in [0.1, 0.15) is 5.56 Å². The molecule has 0 aliphatic heterocycles. The summed E-state index contributed by atoms with van der Waals surface area (Å²) in [5.74, 6) is -0.637. The predicted octanol–water partition coefficient (Wildman–Crippen LogP) is -6.86. The number of phenols is 1. The van der Waals surface area contributed by atoms with Crippen LogP contribution in [0.4, 0.5) is 23.0 Å². The number of rotatable bonds is 12. The SMILES string of the molecule is O=S(=O)([O-])c1c(Nc2nc(Cl)nc(Cl)n2)ccc2c(CO)c(N=Nc3cc(SOO[O-])ccc3O)c(SOO[O-])cc12.[Cu].[Na+].[Na+].[Na+].[OH3+]. The number of aliphatic hydroxyl groups is 1. The zero-order valence-corrected chi connectivity index (χ0v) is 34.7. The number of fused-ring (bicyclic) bond motifs is 1. The Labute approximate surface area is 360 Å². The van der Waals surface area contributed by atoms with Crippen LogP contribution in [0.25, 0.3) is 10.8 Å². The molecule has 0 saturated heterocycles.